The molecule has 0 aromatic heterocycles. The molecule has 0 fully saturated rings. The van der Waals surface area contributed by atoms with Crippen molar-refractivity contribution in [3.63, 3.8) is 0 Å². The van der Waals surface area contributed by atoms with Gasteiger partial charge in [-0.2, -0.15) is 4.39 Å². The first-order valence-electron chi connectivity index (χ1n) is 3.32. The fourth-order valence-corrected chi connectivity index (χ4v) is 1.13. The number of halogens is 3. The van der Waals surface area contributed by atoms with Gasteiger partial charge in [-0.25, -0.2) is 0 Å². The average Bonchev–Trinajstić information content (AvgIpc) is 1.83. The monoisotopic (exact) mass is 328 g/mol. The summed E-state index contributed by atoms with van der Waals surface area (Å²) in [5.74, 6) is 0. The lowest BCUT2D eigenvalue weighted by atomic mass is 10.4. The van der Waals surface area contributed by atoms with Gasteiger partial charge in [-0.1, -0.05) is 26.7 Å². The molecule has 0 aliphatic heterocycles. The van der Waals surface area contributed by atoms with Crippen molar-refractivity contribution in [3.05, 3.63) is 0 Å². The molecule has 12 heavy (non-hydrogen) atoms. The predicted molar refractivity (Wildman–Crippen MR) is 54.6 cm³/mol. The summed E-state index contributed by atoms with van der Waals surface area (Å²) >= 11 is 4.54. The van der Waals surface area contributed by atoms with E-state index in [1.807, 2.05) is 0 Å². The second kappa shape index (κ2) is 8.63. The molecule has 0 aromatic rings. The maximum Gasteiger partial charge on any atom is 0.328 e. The highest BCUT2D eigenvalue weighted by molar-refractivity contribution is 9.25. The first-order valence-corrected chi connectivity index (χ1v) is 6.17. The minimum Gasteiger partial charge on any atom is -0.326 e. The lowest BCUT2D eigenvalue weighted by Gasteiger charge is -2.05. The molecule has 3 nitrogen and oxygen atoms in total. The zero-order chi connectivity index (χ0) is 10.2. The Kier molecular flexibility index (Phi) is 11.2. The Bertz CT molecular complexity index is 126. The van der Waals surface area contributed by atoms with Crippen LogP contribution in [0.4, 0.5) is 4.39 Å². The van der Waals surface area contributed by atoms with Crippen molar-refractivity contribution >= 4 is 40.1 Å². The van der Waals surface area contributed by atoms with E-state index in [0.717, 1.165) is 0 Å². The standard InChI is InChI=1S/C4H10.CH2Br2FO3P/c1-3-4-2;2-1(3,4)7-8(5)6/h3-4H2,1-2H3;8H,(H,5,6). The van der Waals surface area contributed by atoms with Crippen LogP contribution in [0.25, 0.3) is 0 Å². The van der Waals surface area contributed by atoms with Crippen LogP contribution in [0, 0.1) is 0 Å². The van der Waals surface area contributed by atoms with Crippen molar-refractivity contribution in [3.8, 4) is 0 Å². The number of rotatable bonds is 3. The zero-order valence-corrected chi connectivity index (χ0v) is 11.0. The average molecular weight is 330 g/mol. The van der Waals surface area contributed by atoms with Crippen LogP contribution in [0.3, 0.4) is 0 Å². The maximum atomic E-state index is 11.9. The van der Waals surface area contributed by atoms with E-state index in [4.69, 9.17) is 4.89 Å². The molecule has 76 valence electrons. The molecule has 0 heterocycles. The van der Waals surface area contributed by atoms with Crippen molar-refractivity contribution in [2.24, 2.45) is 0 Å². The van der Waals surface area contributed by atoms with Gasteiger partial charge in [-0.3, -0.25) is 9.09 Å². The number of hydrogen-bond donors (Lipinski definition) is 1. The second-order valence-electron chi connectivity index (χ2n) is 1.81. The summed E-state index contributed by atoms with van der Waals surface area (Å²) in [6.07, 6.45) is 2.64. The minimum absolute atomic E-state index is 1.32. The highest BCUT2D eigenvalue weighted by Gasteiger charge is 2.23. The Morgan fingerprint density at radius 1 is 1.50 bits per heavy atom. The highest BCUT2D eigenvalue weighted by Crippen LogP contribution is 2.37. The molecule has 0 aliphatic rings. The summed E-state index contributed by atoms with van der Waals surface area (Å²) < 4.78 is 22.9. The van der Waals surface area contributed by atoms with Crippen LogP contribution in [0.2, 0.25) is 0 Å². The molecule has 0 bridgehead atoms. The predicted octanol–water partition coefficient (Wildman–Crippen LogP) is 3.56. The van der Waals surface area contributed by atoms with Gasteiger partial charge in [0.25, 0.3) is 0 Å². The fraction of sp³-hybridized carbons (Fsp3) is 1.00. The van der Waals surface area contributed by atoms with Gasteiger partial charge < -0.3 is 4.89 Å². The Hall–Kier alpha value is 1.04. The van der Waals surface area contributed by atoms with Gasteiger partial charge in [-0.05, 0) is 31.9 Å². The van der Waals surface area contributed by atoms with Crippen LogP contribution in [-0.2, 0) is 9.09 Å². The van der Waals surface area contributed by atoms with E-state index in [-0.39, 0.29) is 0 Å². The lowest BCUT2D eigenvalue weighted by Crippen LogP contribution is -2.01. The Labute approximate surface area is 88.9 Å². The first-order chi connectivity index (χ1) is 5.33. The summed E-state index contributed by atoms with van der Waals surface area (Å²) in [5.41, 5.74) is 0. The molecule has 7 heteroatoms. The normalized spacial score (nSPS) is 13.2. The highest BCUT2D eigenvalue weighted by atomic mass is 79.9. The molecule has 0 spiro atoms. The van der Waals surface area contributed by atoms with Gasteiger partial charge in [-0.15, -0.1) is 0 Å². The van der Waals surface area contributed by atoms with Gasteiger partial charge in [0.05, 0.1) is 0 Å². The van der Waals surface area contributed by atoms with Gasteiger partial charge in [0.2, 0.25) is 0 Å². The van der Waals surface area contributed by atoms with Crippen molar-refractivity contribution in [2.75, 3.05) is 0 Å². The van der Waals surface area contributed by atoms with E-state index in [1.165, 1.54) is 12.8 Å². The summed E-state index contributed by atoms with van der Waals surface area (Å²) in [5, 5.41) is 0. The molecular formula is C5H12Br2FO3P. The fourth-order valence-electron chi connectivity index (χ4n) is 0.0990. The molecule has 1 atom stereocenters. The topological polar surface area (TPSA) is 46.5 Å². The molecule has 0 aromatic carbocycles. The van der Waals surface area contributed by atoms with Crippen molar-refractivity contribution in [2.45, 2.75) is 30.4 Å². The van der Waals surface area contributed by atoms with Crippen LogP contribution in [0.15, 0.2) is 0 Å². The van der Waals surface area contributed by atoms with E-state index in [1.54, 1.807) is 0 Å². The van der Waals surface area contributed by atoms with Crippen molar-refractivity contribution in [1.82, 2.24) is 0 Å². The molecule has 1 unspecified atom stereocenters. The molecule has 0 radical (unpaired) electrons. The van der Waals surface area contributed by atoms with Crippen LogP contribution in [0.5, 0.6) is 0 Å². The van der Waals surface area contributed by atoms with Crippen LogP contribution in [0.1, 0.15) is 26.7 Å². The van der Waals surface area contributed by atoms with Gasteiger partial charge >= 0.3 is 11.9 Å². The van der Waals surface area contributed by atoms with Gasteiger partial charge in [0.15, 0.2) is 0 Å². The largest absolute Gasteiger partial charge is 0.328 e. The van der Waals surface area contributed by atoms with E-state index in [2.05, 4.69) is 50.2 Å². The molecule has 0 saturated heterocycles. The maximum absolute atomic E-state index is 11.9. The SMILES string of the molecule is CCCC.O=[PH](O)OC(F)(Br)Br. The summed E-state index contributed by atoms with van der Waals surface area (Å²) in [6.45, 7) is 4.36. The van der Waals surface area contributed by atoms with Crippen molar-refractivity contribution in [1.29, 1.82) is 0 Å². The van der Waals surface area contributed by atoms with E-state index < -0.39 is 11.9 Å². The molecule has 1 N–H and O–H groups in total. The third kappa shape index (κ3) is 22.5. The molecule has 0 amide bonds. The first kappa shape index (κ1) is 15.5. The molecule has 0 rings (SSSR count). The third-order valence-corrected chi connectivity index (χ3v) is 2.08. The Balaban J connectivity index is 0. The molecule has 0 aliphatic carbocycles. The van der Waals surface area contributed by atoms with E-state index in [9.17, 15) is 8.96 Å². The minimum atomic E-state index is -3.21. The number of unbranched alkanes of at least 4 members (excludes halogenated alkanes) is 1. The lowest BCUT2D eigenvalue weighted by molar-refractivity contribution is 0.127. The van der Waals surface area contributed by atoms with E-state index >= 15 is 0 Å². The van der Waals surface area contributed by atoms with Crippen LogP contribution >= 0.6 is 40.1 Å². The van der Waals surface area contributed by atoms with Crippen molar-refractivity contribution < 1.29 is 18.4 Å². The Morgan fingerprint density at radius 2 is 1.83 bits per heavy atom. The molecule has 0 saturated carbocycles. The van der Waals surface area contributed by atoms with Crippen LogP contribution in [-0.4, -0.2) is 8.57 Å². The summed E-state index contributed by atoms with van der Waals surface area (Å²) in [6, 6.07) is 0. The quantitative estimate of drug-likeness (QED) is 0.636. The van der Waals surface area contributed by atoms with Crippen LogP contribution < -0.4 is 0 Å². The second-order valence-corrected chi connectivity index (χ2v) is 5.65. The third-order valence-electron chi connectivity index (χ3n) is 0.703. The number of alkyl halides is 3. The summed E-state index contributed by atoms with van der Waals surface area (Å²) in [7, 11) is -3.21. The Morgan fingerprint density at radius 3 is 1.83 bits per heavy atom. The van der Waals surface area contributed by atoms with E-state index in [0.29, 0.717) is 0 Å². The van der Waals surface area contributed by atoms with Gasteiger partial charge in [0.1, 0.15) is 0 Å². The molecular weight excluding hydrogens is 318 g/mol. The van der Waals surface area contributed by atoms with Gasteiger partial charge in [0, 0.05) is 0 Å². The smallest absolute Gasteiger partial charge is 0.326 e. The zero-order valence-electron chi connectivity index (χ0n) is 6.81. The number of hydrogen-bond acceptors (Lipinski definition) is 2. The summed E-state index contributed by atoms with van der Waals surface area (Å²) in [4.78, 5) is 7.91.